The molecule has 6 heteroatoms. The number of imidazole rings is 1. The number of hydrogen-bond donors (Lipinski definition) is 0. The maximum absolute atomic E-state index is 13.4. The molecule has 4 nitrogen and oxygen atoms in total. The molecule has 0 amide bonds. The summed E-state index contributed by atoms with van der Waals surface area (Å²) >= 11 is 1.53. The lowest BCUT2D eigenvalue weighted by molar-refractivity contribution is 0.305. The van der Waals surface area contributed by atoms with Crippen LogP contribution in [-0.2, 0) is 19.4 Å². The minimum atomic E-state index is -0.269. The summed E-state index contributed by atoms with van der Waals surface area (Å²) in [5.74, 6) is 1.53. The average Bonchev–Trinajstić information content (AvgIpc) is 3.42. The molecule has 5 rings (SSSR count). The SMILES string of the molecule is Cc1nccn1-c1ccc(CCc2cccc(OCc3nc4cc(F)ccc4s3)c2)cc1. The fourth-order valence-corrected chi connectivity index (χ4v) is 4.57. The number of benzene rings is 3. The highest BCUT2D eigenvalue weighted by Crippen LogP contribution is 2.24. The van der Waals surface area contributed by atoms with Crippen molar-refractivity contribution in [2.24, 2.45) is 0 Å². The minimum Gasteiger partial charge on any atom is -0.486 e. The lowest BCUT2D eigenvalue weighted by Crippen LogP contribution is -1.98. The molecule has 0 aliphatic heterocycles. The van der Waals surface area contributed by atoms with Gasteiger partial charge in [0.2, 0.25) is 0 Å². The van der Waals surface area contributed by atoms with Gasteiger partial charge in [0.1, 0.15) is 29.0 Å². The van der Waals surface area contributed by atoms with E-state index in [0.717, 1.165) is 39.8 Å². The molecule has 160 valence electrons. The van der Waals surface area contributed by atoms with Gasteiger partial charge in [0.05, 0.1) is 10.2 Å². The van der Waals surface area contributed by atoms with E-state index >= 15 is 0 Å². The van der Waals surface area contributed by atoms with Crippen LogP contribution in [0.15, 0.2) is 79.1 Å². The molecular weight excluding hydrogens is 421 g/mol. The monoisotopic (exact) mass is 443 g/mol. The Morgan fingerprint density at radius 2 is 1.81 bits per heavy atom. The first-order valence-electron chi connectivity index (χ1n) is 10.5. The molecule has 2 heterocycles. The summed E-state index contributed by atoms with van der Waals surface area (Å²) in [6.07, 6.45) is 5.68. The molecule has 0 aliphatic rings. The maximum Gasteiger partial charge on any atom is 0.140 e. The van der Waals surface area contributed by atoms with Gasteiger partial charge in [-0.25, -0.2) is 14.4 Å². The van der Waals surface area contributed by atoms with Crippen molar-refractivity contribution >= 4 is 21.6 Å². The number of aromatic nitrogens is 3. The van der Waals surface area contributed by atoms with Gasteiger partial charge in [-0.3, -0.25) is 0 Å². The van der Waals surface area contributed by atoms with Crippen LogP contribution in [-0.4, -0.2) is 14.5 Å². The van der Waals surface area contributed by atoms with Crippen LogP contribution >= 0.6 is 11.3 Å². The van der Waals surface area contributed by atoms with E-state index in [-0.39, 0.29) is 5.82 Å². The number of nitrogens with zero attached hydrogens (tertiary/aromatic N) is 3. The molecule has 0 radical (unpaired) electrons. The Kier molecular flexibility index (Phi) is 5.69. The molecule has 0 spiro atoms. The van der Waals surface area contributed by atoms with Crippen molar-refractivity contribution in [2.75, 3.05) is 0 Å². The molecule has 0 fully saturated rings. The third-order valence-corrected chi connectivity index (χ3v) is 6.41. The summed E-state index contributed by atoms with van der Waals surface area (Å²) < 4.78 is 22.4. The molecule has 0 aliphatic carbocycles. The molecule has 0 unspecified atom stereocenters. The van der Waals surface area contributed by atoms with E-state index in [1.807, 2.05) is 31.5 Å². The topological polar surface area (TPSA) is 39.9 Å². The molecule has 0 saturated carbocycles. The first-order chi connectivity index (χ1) is 15.6. The van der Waals surface area contributed by atoms with E-state index < -0.39 is 0 Å². The Bertz CT molecular complexity index is 1360. The van der Waals surface area contributed by atoms with Gasteiger partial charge in [0.25, 0.3) is 0 Å². The maximum atomic E-state index is 13.4. The van der Waals surface area contributed by atoms with Gasteiger partial charge in [0.15, 0.2) is 0 Å². The number of hydrogen-bond acceptors (Lipinski definition) is 4. The third kappa shape index (κ3) is 4.55. The van der Waals surface area contributed by atoms with Gasteiger partial charge in [0, 0.05) is 24.1 Å². The van der Waals surface area contributed by atoms with Crippen molar-refractivity contribution < 1.29 is 9.13 Å². The van der Waals surface area contributed by atoms with Gasteiger partial charge in [-0.1, -0.05) is 24.3 Å². The predicted octanol–water partition coefficient (Wildman–Crippen LogP) is 6.29. The smallest absolute Gasteiger partial charge is 0.140 e. The van der Waals surface area contributed by atoms with E-state index in [4.69, 9.17) is 4.74 Å². The first-order valence-corrected chi connectivity index (χ1v) is 11.3. The van der Waals surface area contributed by atoms with Crippen LogP contribution in [0.2, 0.25) is 0 Å². The van der Waals surface area contributed by atoms with Gasteiger partial charge in [-0.2, -0.15) is 0 Å². The highest BCUT2D eigenvalue weighted by molar-refractivity contribution is 7.18. The van der Waals surface area contributed by atoms with Crippen molar-refractivity contribution in [2.45, 2.75) is 26.4 Å². The van der Waals surface area contributed by atoms with Crippen molar-refractivity contribution in [1.82, 2.24) is 14.5 Å². The van der Waals surface area contributed by atoms with Crippen LogP contribution in [0, 0.1) is 12.7 Å². The van der Waals surface area contributed by atoms with Crippen LogP contribution in [0.3, 0.4) is 0 Å². The molecule has 2 aromatic heterocycles. The van der Waals surface area contributed by atoms with Crippen molar-refractivity contribution in [1.29, 1.82) is 0 Å². The molecule has 0 atom stereocenters. The van der Waals surface area contributed by atoms with Crippen LogP contribution in [0.1, 0.15) is 22.0 Å². The van der Waals surface area contributed by atoms with E-state index in [1.54, 1.807) is 6.07 Å². The molecule has 32 heavy (non-hydrogen) atoms. The lowest BCUT2D eigenvalue weighted by atomic mass is 10.0. The molecule has 0 saturated heterocycles. The summed E-state index contributed by atoms with van der Waals surface area (Å²) in [7, 11) is 0. The van der Waals surface area contributed by atoms with Crippen LogP contribution in [0.4, 0.5) is 4.39 Å². The summed E-state index contributed by atoms with van der Waals surface area (Å²) in [4.78, 5) is 8.75. The number of halogens is 1. The zero-order chi connectivity index (χ0) is 21.9. The average molecular weight is 444 g/mol. The molecule has 3 aromatic carbocycles. The fourth-order valence-electron chi connectivity index (χ4n) is 3.71. The zero-order valence-corrected chi connectivity index (χ0v) is 18.5. The van der Waals surface area contributed by atoms with Crippen LogP contribution < -0.4 is 4.74 Å². The normalized spacial score (nSPS) is 11.2. The van der Waals surface area contributed by atoms with Gasteiger partial charge >= 0.3 is 0 Å². The number of fused-ring (bicyclic) bond motifs is 1. The minimum absolute atomic E-state index is 0.269. The second kappa shape index (κ2) is 8.93. The first kappa shape index (κ1) is 20.4. The summed E-state index contributed by atoms with van der Waals surface area (Å²) in [6, 6.07) is 21.5. The van der Waals surface area contributed by atoms with Crippen LogP contribution in [0.25, 0.3) is 15.9 Å². The highest BCUT2D eigenvalue weighted by atomic mass is 32.1. The summed E-state index contributed by atoms with van der Waals surface area (Å²) in [6.45, 7) is 2.37. The number of thiazole rings is 1. The Labute approximate surface area is 190 Å². The van der Waals surface area contributed by atoms with Gasteiger partial charge in [-0.05, 0) is 67.3 Å². The Morgan fingerprint density at radius 1 is 0.969 bits per heavy atom. The predicted molar refractivity (Wildman–Crippen MR) is 126 cm³/mol. The second-order valence-corrected chi connectivity index (χ2v) is 8.78. The lowest BCUT2D eigenvalue weighted by Gasteiger charge is -2.08. The number of rotatable bonds is 7. The third-order valence-electron chi connectivity index (χ3n) is 5.40. The Balaban J connectivity index is 1.20. The largest absolute Gasteiger partial charge is 0.486 e. The molecule has 0 N–H and O–H groups in total. The molecular formula is C26H22FN3OS. The highest BCUT2D eigenvalue weighted by Gasteiger charge is 2.07. The second-order valence-electron chi connectivity index (χ2n) is 7.67. The Hall–Kier alpha value is -3.51. The van der Waals surface area contributed by atoms with Crippen molar-refractivity contribution in [3.8, 4) is 11.4 Å². The molecule has 5 aromatic rings. The number of ether oxygens (including phenoxy) is 1. The van der Waals surface area contributed by atoms with E-state index in [0.29, 0.717) is 12.1 Å². The van der Waals surface area contributed by atoms with Gasteiger partial charge < -0.3 is 9.30 Å². The number of aryl methyl sites for hydroxylation is 3. The van der Waals surface area contributed by atoms with Crippen molar-refractivity contribution in [3.05, 3.63) is 107 Å². The van der Waals surface area contributed by atoms with Crippen molar-refractivity contribution in [3.63, 3.8) is 0 Å². The zero-order valence-electron chi connectivity index (χ0n) is 17.7. The summed E-state index contributed by atoms with van der Waals surface area (Å²) in [5.41, 5.74) is 4.32. The quantitative estimate of drug-likeness (QED) is 0.297. The van der Waals surface area contributed by atoms with E-state index in [9.17, 15) is 4.39 Å². The van der Waals surface area contributed by atoms with Gasteiger partial charge in [-0.15, -0.1) is 11.3 Å². The summed E-state index contributed by atoms with van der Waals surface area (Å²) in [5, 5.41) is 0.837. The van der Waals surface area contributed by atoms with E-state index in [1.165, 1.54) is 34.6 Å². The van der Waals surface area contributed by atoms with E-state index in [2.05, 4.69) is 50.9 Å². The van der Waals surface area contributed by atoms with Crippen LogP contribution in [0.5, 0.6) is 5.75 Å². The fraction of sp³-hybridized carbons (Fsp3) is 0.154. The standard InChI is InChI=1S/C26H22FN3OS/c1-18-28-13-14-30(18)22-10-7-19(8-11-22)5-6-20-3-2-4-23(15-20)31-17-26-29-24-16-21(27)9-12-25(24)32-26/h2-4,7-16H,5-6,17H2,1H3. The molecule has 0 bridgehead atoms. The Morgan fingerprint density at radius 3 is 2.62 bits per heavy atom.